The first-order valence-electron chi connectivity index (χ1n) is 9.12. The summed E-state index contributed by atoms with van der Waals surface area (Å²) < 4.78 is 27.9. The highest BCUT2D eigenvalue weighted by atomic mass is 32.2. The number of nitrogens with one attached hydrogen (secondary N) is 2. The van der Waals surface area contributed by atoms with E-state index in [1.54, 1.807) is 19.1 Å². The van der Waals surface area contributed by atoms with Gasteiger partial charge in [0.15, 0.2) is 0 Å². The standard InChI is InChI=1S/C20H27N3O5S/c1-13-6-8-16(14(2)10-13)22-29(27,28)15-7-9-17(18(11-15)23(25)26)21-12-19(24)20(3,4)5/h6-11,19,21-22,24H,12H2,1-5H3. The fourth-order valence-electron chi connectivity index (χ4n) is 2.62. The zero-order valence-electron chi connectivity index (χ0n) is 17.2. The van der Waals surface area contributed by atoms with Crippen molar-refractivity contribution in [2.45, 2.75) is 45.6 Å². The van der Waals surface area contributed by atoms with Crippen molar-refractivity contribution in [3.05, 3.63) is 57.6 Å². The van der Waals surface area contributed by atoms with E-state index in [9.17, 15) is 23.6 Å². The molecule has 2 rings (SSSR count). The summed E-state index contributed by atoms with van der Waals surface area (Å²) >= 11 is 0. The molecule has 0 fully saturated rings. The van der Waals surface area contributed by atoms with Crippen molar-refractivity contribution in [2.24, 2.45) is 5.41 Å². The third-order valence-electron chi connectivity index (χ3n) is 4.59. The van der Waals surface area contributed by atoms with Crippen LogP contribution in [0.2, 0.25) is 0 Å². The van der Waals surface area contributed by atoms with Crippen molar-refractivity contribution >= 4 is 27.1 Å². The Morgan fingerprint density at radius 2 is 1.72 bits per heavy atom. The Kier molecular flexibility index (Phi) is 6.54. The molecule has 0 saturated carbocycles. The predicted octanol–water partition coefficient (Wildman–Crippen LogP) is 3.83. The lowest BCUT2D eigenvalue weighted by atomic mass is 9.89. The van der Waals surface area contributed by atoms with E-state index in [4.69, 9.17) is 0 Å². The minimum atomic E-state index is -4.01. The molecule has 0 saturated heterocycles. The van der Waals surface area contributed by atoms with Crippen molar-refractivity contribution in [1.29, 1.82) is 0 Å². The maximum absolute atomic E-state index is 12.7. The molecule has 0 radical (unpaired) electrons. The first kappa shape index (κ1) is 22.6. The second kappa shape index (κ2) is 8.38. The van der Waals surface area contributed by atoms with Crippen molar-refractivity contribution in [3.8, 4) is 0 Å². The van der Waals surface area contributed by atoms with Gasteiger partial charge in [-0.05, 0) is 43.0 Å². The van der Waals surface area contributed by atoms with Gasteiger partial charge in [-0.3, -0.25) is 14.8 Å². The molecule has 2 aromatic carbocycles. The molecule has 2 aromatic rings. The second-order valence-electron chi connectivity index (χ2n) is 8.12. The molecule has 29 heavy (non-hydrogen) atoms. The molecular weight excluding hydrogens is 394 g/mol. The van der Waals surface area contributed by atoms with E-state index in [0.29, 0.717) is 5.69 Å². The number of aryl methyl sites for hydroxylation is 2. The Morgan fingerprint density at radius 1 is 1.10 bits per heavy atom. The molecule has 3 N–H and O–H groups in total. The molecule has 0 aliphatic rings. The number of nitro benzene ring substituents is 1. The number of nitrogens with zero attached hydrogens (tertiary/aromatic N) is 1. The van der Waals surface area contributed by atoms with Crippen molar-refractivity contribution in [3.63, 3.8) is 0 Å². The van der Waals surface area contributed by atoms with Gasteiger partial charge in [-0.1, -0.05) is 38.5 Å². The minimum absolute atomic E-state index is 0.0945. The molecule has 0 aliphatic carbocycles. The zero-order valence-corrected chi connectivity index (χ0v) is 18.0. The summed E-state index contributed by atoms with van der Waals surface area (Å²) in [6.07, 6.45) is -0.739. The van der Waals surface area contributed by atoms with Gasteiger partial charge in [0.25, 0.3) is 15.7 Å². The van der Waals surface area contributed by atoms with Gasteiger partial charge in [-0.2, -0.15) is 0 Å². The maximum Gasteiger partial charge on any atom is 0.293 e. The number of hydrogen-bond acceptors (Lipinski definition) is 6. The van der Waals surface area contributed by atoms with Gasteiger partial charge in [-0.25, -0.2) is 8.42 Å². The number of benzene rings is 2. The van der Waals surface area contributed by atoms with Gasteiger partial charge in [-0.15, -0.1) is 0 Å². The van der Waals surface area contributed by atoms with Gasteiger partial charge >= 0.3 is 0 Å². The summed E-state index contributed by atoms with van der Waals surface area (Å²) in [4.78, 5) is 10.6. The molecule has 0 heterocycles. The monoisotopic (exact) mass is 421 g/mol. The Bertz CT molecular complexity index is 1010. The van der Waals surface area contributed by atoms with E-state index in [2.05, 4.69) is 10.0 Å². The molecule has 1 atom stereocenters. The molecule has 0 spiro atoms. The lowest BCUT2D eigenvalue weighted by molar-refractivity contribution is -0.384. The molecule has 0 amide bonds. The largest absolute Gasteiger partial charge is 0.391 e. The lowest BCUT2D eigenvalue weighted by Crippen LogP contribution is -2.33. The maximum atomic E-state index is 12.7. The first-order valence-corrected chi connectivity index (χ1v) is 10.6. The SMILES string of the molecule is Cc1ccc(NS(=O)(=O)c2ccc(NCC(O)C(C)(C)C)c([N+](=O)[O-])c2)c(C)c1. The van der Waals surface area contributed by atoms with E-state index < -0.39 is 26.5 Å². The Morgan fingerprint density at radius 3 is 2.28 bits per heavy atom. The van der Waals surface area contributed by atoms with E-state index in [1.165, 1.54) is 12.1 Å². The fourth-order valence-corrected chi connectivity index (χ4v) is 3.77. The Hall–Kier alpha value is -2.65. The summed E-state index contributed by atoms with van der Waals surface area (Å²) in [5.74, 6) is 0. The van der Waals surface area contributed by atoms with Crippen LogP contribution in [0, 0.1) is 29.4 Å². The Labute approximate surface area is 171 Å². The van der Waals surface area contributed by atoms with Crippen molar-refractivity contribution < 1.29 is 18.4 Å². The molecule has 1 unspecified atom stereocenters. The van der Waals surface area contributed by atoms with E-state index in [1.807, 2.05) is 33.8 Å². The quantitative estimate of drug-likeness (QED) is 0.461. The third kappa shape index (κ3) is 5.68. The number of anilines is 2. The third-order valence-corrected chi connectivity index (χ3v) is 5.95. The molecule has 0 aromatic heterocycles. The average molecular weight is 422 g/mol. The summed E-state index contributed by atoms with van der Waals surface area (Å²) in [7, 11) is -4.01. The molecule has 158 valence electrons. The van der Waals surface area contributed by atoms with Crippen LogP contribution in [0.4, 0.5) is 17.1 Å². The van der Waals surface area contributed by atoms with Crippen LogP contribution in [0.25, 0.3) is 0 Å². The van der Waals surface area contributed by atoms with Crippen LogP contribution in [0.3, 0.4) is 0 Å². The fraction of sp³-hybridized carbons (Fsp3) is 0.400. The average Bonchev–Trinajstić information content (AvgIpc) is 2.60. The number of aliphatic hydroxyl groups is 1. The number of rotatable bonds is 7. The number of aliphatic hydroxyl groups excluding tert-OH is 1. The van der Waals surface area contributed by atoms with Crippen LogP contribution in [0.1, 0.15) is 31.9 Å². The van der Waals surface area contributed by atoms with Gasteiger partial charge < -0.3 is 10.4 Å². The van der Waals surface area contributed by atoms with Crippen LogP contribution in [0.5, 0.6) is 0 Å². The van der Waals surface area contributed by atoms with Gasteiger partial charge in [0.05, 0.1) is 21.6 Å². The Balaban J connectivity index is 2.31. The summed E-state index contributed by atoms with van der Waals surface area (Å²) in [6, 6.07) is 8.92. The van der Waals surface area contributed by atoms with E-state index >= 15 is 0 Å². The van der Waals surface area contributed by atoms with Crippen LogP contribution in [-0.4, -0.2) is 31.1 Å². The lowest BCUT2D eigenvalue weighted by Gasteiger charge is -2.26. The first-order chi connectivity index (χ1) is 13.3. The molecule has 9 heteroatoms. The number of hydrogen-bond donors (Lipinski definition) is 3. The highest BCUT2D eigenvalue weighted by Crippen LogP contribution is 2.30. The summed E-state index contributed by atoms with van der Waals surface area (Å²) in [5.41, 5.74) is 1.51. The molecule has 8 nitrogen and oxygen atoms in total. The zero-order chi connectivity index (χ0) is 22.0. The van der Waals surface area contributed by atoms with Crippen LogP contribution in [-0.2, 0) is 10.0 Å². The smallest absolute Gasteiger partial charge is 0.293 e. The van der Waals surface area contributed by atoms with Crippen LogP contribution < -0.4 is 10.0 Å². The number of nitro groups is 1. The predicted molar refractivity (Wildman–Crippen MR) is 114 cm³/mol. The second-order valence-corrected chi connectivity index (χ2v) is 9.81. The normalized spacial score (nSPS) is 13.0. The highest BCUT2D eigenvalue weighted by Gasteiger charge is 2.25. The van der Waals surface area contributed by atoms with Gasteiger partial charge in [0.1, 0.15) is 5.69 Å². The highest BCUT2D eigenvalue weighted by molar-refractivity contribution is 7.92. The van der Waals surface area contributed by atoms with Crippen LogP contribution >= 0.6 is 0 Å². The van der Waals surface area contributed by atoms with Crippen LogP contribution in [0.15, 0.2) is 41.3 Å². The molecule has 0 bridgehead atoms. The van der Waals surface area contributed by atoms with Gasteiger partial charge in [0, 0.05) is 12.6 Å². The molecule has 0 aliphatic heterocycles. The molecular formula is C20H27N3O5S. The summed E-state index contributed by atoms with van der Waals surface area (Å²) in [6.45, 7) is 9.32. The number of sulfonamides is 1. The minimum Gasteiger partial charge on any atom is -0.391 e. The van der Waals surface area contributed by atoms with Gasteiger partial charge in [0.2, 0.25) is 0 Å². The van der Waals surface area contributed by atoms with Crippen molar-refractivity contribution in [1.82, 2.24) is 0 Å². The van der Waals surface area contributed by atoms with E-state index in [0.717, 1.165) is 17.2 Å². The van der Waals surface area contributed by atoms with E-state index in [-0.39, 0.29) is 22.8 Å². The van der Waals surface area contributed by atoms with Crippen molar-refractivity contribution in [2.75, 3.05) is 16.6 Å². The topological polar surface area (TPSA) is 122 Å². The summed E-state index contributed by atoms with van der Waals surface area (Å²) in [5, 5.41) is 24.4.